The number of hydrogen-bond donors (Lipinski definition) is 0. The van der Waals surface area contributed by atoms with Crippen LogP contribution in [0.5, 0.6) is 0 Å². The van der Waals surface area contributed by atoms with Gasteiger partial charge < -0.3 is 4.90 Å². The molecule has 1 saturated carbocycles. The monoisotopic (exact) mass is 362 g/mol. The van der Waals surface area contributed by atoms with E-state index in [0.717, 1.165) is 44.3 Å². The van der Waals surface area contributed by atoms with Crippen LogP contribution in [0.4, 0.5) is 0 Å². The summed E-state index contributed by atoms with van der Waals surface area (Å²) in [6.07, 6.45) is 6.50. The van der Waals surface area contributed by atoms with Crippen molar-refractivity contribution in [3.63, 3.8) is 0 Å². The molecular weight excluding hydrogens is 336 g/mol. The summed E-state index contributed by atoms with van der Waals surface area (Å²) < 4.78 is 0. The van der Waals surface area contributed by atoms with E-state index in [1.807, 2.05) is 24.3 Å². The molecule has 1 aliphatic carbocycles. The highest BCUT2D eigenvalue weighted by Crippen LogP contribution is 2.42. The Morgan fingerprint density at radius 2 is 1.88 bits per heavy atom. The zero-order chi connectivity index (χ0) is 17.9. The fourth-order valence-corrected chi connectivity index (χ4v) is 4.55. The van der Waals surface area contributed by atoms with Gasteiger partial charge in [0, 0.05) is 24.1 Å². The second-order valence-corrected chi connectivity index (χ2v) is 7.67. The average molecular weight is 363 g/mol. The molecular formula is C20H27ClN2O2. The van der Waals surface area contributed by atoms with Crippen LogP contribution in [0, 0.1) is 0 Å². The van der Waals surface area contributed by atoms with Crippen molar-refractivity contribution < 1.29 is 9.59 Å². The first-order valence-electron chi connectivity index (χ1n) is 9.33. The molecule has 2 fully saturated rings. The number of carbonyl (C=O) groups excluding carboxylic acids is 2. The maximum atomic E-state index is 13.0. The van der Waals surface area contributed by atoms with Gasteiger partial charge in [-0.3, -0.25) is 14.5 Å². The molecule has 0 aromatic heterocycles. The van der Waals surface area contributed by atoms with Crippen molar-refractivity contribution >= 4 is 23.3 Å². The van der Waals surface area contributed by atoms with E-state index in [9.17, 15) is 9.59 Å². The lowest BCUT2D eigenvalue weighted by Gasteiger charge is -2.44. The Hall–Kier alpha value is -1.39. The van der Waals surface area contributed by atoms with E-state index >= 15 is 0 Å². The quantitative estimate of drug-likeness (QED) is 0.821. The zero-order valence-corrected chi connectivity index (χ0v) is 15.7. The number of nitrogens with zero attached hydrogens (tertiary/aromatic N) is 2. The topological polar surface area (TPSA) is 40.6 Å². The fraction of sp³-hybridized carbons (Fsp3) is 0.600. The lowest BCUT2D eigenvalue weighted by Crippen LogP contribution is -2.56. The molecule has 0 N–H and O–H groups in total. The number of carbonyl (C=O) groups is 2. The molecule has 1 saturated heterocycles. The molecule has 4 nitrogen and oxygen atoms in total. The van der Waals surface area contributed by atoms with E-state index in [1.165, 1.54) is 6.42 Å². The molecule has 25 heavy (non-hydrogen) atoms. The zero-order valence-electron chi connectivity index (χ0n) is 15.0. The van der Waals surface area contributed by atoms with Gasteiger partial charge in [-0.25, -0.2) is 0 Å². The van der Waals surface area contributed by atoms with Crippen LogP contribution in [0.1, 0.15) is 50.5 Å². The Labute approximate surface area is 155 Å². The van der Waals surface area contributed by atoms with Gasteiger partial charge in [0.25, 0.3) is 0 Å². The molecule has 0 spiro atoms. The van der Waals surface area contributed by atoms with Crippen molar-refractivity contribution in [2.45, 2.75) is 50.5 Å². The highest BCUT2D eigenvalue weighted by molar-refractivity contribution is 6.31. The summed E-state index contributed by atoms with van der Waals surface area (Å²) in [5.41, 5.74) is -0.139. The van der Waals surface area contributed by atoms with E-state index in [4.69, 9.17) is 11.6 Å². The molecule has 136 valence electrons. The Morgan fingerprint density at radius 1 is 1.16 bits per heavy atom. The number of ketones is 1. The number of hydrogen-bond acceptors (Lipinski definition) is 3. The third-order valence-electron chi connectivity index (χ3n) is 5.73. The standard InChI is InChI=1S/C20H27ClN2O2/c1-22(19(25)15-23-13-7-2-8-14-23)20(12-6-5-11-18(20)24)16-9-3-4-10-17(16)21/h3-4,9-10H,2,5-8,11-15H2,1H3. The third kappa shape index (κ3) is 3.61. The molecule has 3 rings (SSSR count). The third-order valence-corrected chi connectivity index (χ3v) is 6.06. The Bertz CT molecular complexity index is 642. The van der Waals surface area contributed by atoms with Crippen LogP contribution in [-0.4, -0.2) is 48.2 Å². The Kier molecular flexibility index (Phi) is 5.80. The summed E-state index contributed by atoms with van der Waals surface area (Å²) in [5, 5.41) is 0.565. The molecule has 1 heterocycles. The van der Waals surface area contributed by atoms with Crippen LogP contribution in [0.2, 0.25) is 5.02 Å². The van der Waals surface area contributed by atoms with Crippen molar-refractivity contribution in [2.75, 3.05) is 26.7 Å². The molecule has 1 aromatic carbocycles. The number of likely N-dealkylation sites (N-methyl/N-ethyl adjacent to an activating group) is 1. The van der Waals surface area contributed by atoms with Crippen molar-refractivity contribution in [3.8, 4) is 0 Å². The Balaban J connectivity index is 1.90. The summed E-state index contributed by atoms with van der Waals surface area (Å²) in [4.78, 5) is 30.0. The molecule has 1 unspecified atom stereocenters. The SMILES string of the molecule is CN(C(=O)CN1CCCCC1)C1(c2ccccc2Cl)CCCCC1=O. The molecule has 2 aliphatic rings. The van der Waals surface area contributed by atoms with Crippen molar-refractivity contribution in [3.05, 3.63) is 34.9 Å². The van der Waals surface area contributed by atoms with E-state index in [-0.39, 0.29) is 11.7 Å². The predicted molar refractivity (Wildman–Crippen MR) is 99.7 cm³/mol. The molecule has 1 aromatic rings. The number of halogens is 1. The highest BCUT2D eigenvalue weighted by atomic mass is 35.5. The number of rotatable bonds is 4. The molecule has 1 amide bonds. The summed E-state index contributed by atoms with van der Waals surface area (Å²) in [5.74, 6) is 0.124. The number of piperidine rings is 1. The van der Waals surface area contributed by atoms with E-state index in [2.05, 4.69) is 4.90 Å². The van der Waals surface area contributed by atoms with Crippen LogP contribution >= 0.6 is 11.6 Å². The van der Waals surface area contributed by atoms with Crippen LogP contribution in [-0.2, 0) is 15.1 Å². The molecule has 0 radical (unpaired) electrons. The number of likely N-dealkylation sites (tertiary alicyclic amines) is 1. The minimum Gasteiger partial charge on any atom is -0.328 e. The summed E-state index contributed by atoms with van der Waals surface area (Å²) in [6.45, 7) is 2.31. The second kappa shape index (κ2) is 7.88. The normalized spacial score (nSPS) is 25.0. The van der Waals surface area contributed by atoms with Crippen molar-refractivity contribution in [1.82, 2.24) is 9.80 Å². The molecule has 5 heteroatoms. The van der Waals surface area contributed by atoms with Crippen molar-refractivity contribution in [1.29, 1.82) is 0 Å². The lowest BCUT2D eigenvalue weighted by atomic mass is 9.74. The van der Waals surface area contributed by atoms with Gasteiger partial charge >= 0.3 is 0 Å². The van der Waals surface area contributed by atoms with Gasteiger partial charge in [0.05, 0.1) is 6.54 Å². The van der Waals surface area contributed by atoms with Crippen LogP contribution < -0.4 is 0 Å². The van der Waals surface area contributed by atoms with Crippen molar-refractivity contribution in [2.24, 2.45) is 0 Å². The lowest BCUT2D eigenvalue weighted by molar-refractivity contribution is -0.148. The maximum Gasteiger partial charge on any atom is 0.237 e. The van der Waals surface area contributed by atoms with Crippen LogP contribution in [0.25, 0.3) is 0 Å². The van der Waals surface area contributed by atoms with Crippen LogP contribution in [0.3, 0.4) is 0 Å². The van der Waals surface area contributed by atoms with Gasteiger partial charge in [-0.05, 0) is 51.3 Å². The summed E-state index contributed by atoms with van der Waals surface area (Å²) in [6, 6.07) is 7.47. The Morgan fingerprint density at radius 3 is 2.56 bits per heavy atom. The molecule has 0 bridgehead atoms. The molecule has 1 aliphatic heterocycles. The maximum absolute atomic E-state index is 13.0. The molecule has 1 atom stereocenters. The largest absolute Gasteiger partial charge is 0.328 e. The van der Waals surface area contributed by atoms with Gasteiger partial charge in [-0.15, -0.1) is 0 Å². The van der Waals surface area contributed by atoms with E-state index in [1.54, 1.807) is 11.9 Å². The van der Waals surface area contributed by atoms with Gasteiger partial charge in [0.15, 0.2) is 5.78 Å². The smallest absolute Gasteiger partial charge is 0.237 e. The first kappa shape index (κ1) is 18.4. The average Bonchev–Trinajstić information content (AvgIpc) is 2.63. The predicted octanol–water partition coefficient (Wildman–Crippen LogP) is 3.62. The van der Waals surface area contributed by atoms with Gasteiger partial charge in [0.2, 0.25) is 5.91 Å². The number of Topliss-reactive ketones (excluding diaryl/α,β-unsaturated/α-hetero) is 1. The number of benzene rings is 1. The fourth-order valence-electron chi connectivity index (χ4n) is 4.26. The van der Waals surface area contributed by atoms with Gasteiger partial charge in [0.1, 0.15) is 5.54 Å². The number of amides is 1. The minimum absolute atomic E-state index is 0.0112. The summed E-state index contributed by atoms with van der Waals surface area (Å²) in [7, 11) is 1.78. The van der Waals surface area contributed by atoms with Crippen LogP contribution in [0.15, 0.2) is 24.3 Å². The van der Waals surface area contributed by atoms with E-state index < -0.39 is 5.54 Å². The minimum atomic E-state index is -0.913. The second-order valence-electron chi connectivity index (χ2n) is 7.26. The first-order valence-corrected chi connectivity index (χ1v) is 9.71. The highest BCUT2D eigenvalue weighted by Gasteiger charge is 2.47. The van der Waals surface area contributed by atoms with Gasteiger partial charge in [-0.1, -0.05) is 36.2 Å². The first-order chi connectivity index (χ1) is 12.1. The summed E-state index contributed by atoms with van der Waals surface area (Å²) >= 11 is 6.45. The van der Waals surface area contributed by atoms with Gasteiger partial charge in [-0.2, -0.15) is 0 Å². The van der Waals surface area contributed by atoms with E-state index in [0.29, 0.717) is 24.4 Å².